The molecule has 2 rings (SSSR count). The number of rotatable bonds is 3. The average molecular weight is 284 g/mol. The molecule has 1 aromatic rings. The maximum Gasteiger partial charge on any atom is 0.337 e. The lowest BCUT2D eigenvalue weighted by molar-refractivity contribution is 0.0698. The molecule has 104 valence electrons. The topological polar surface area (TPSA) is 109 Å². The van der Waals surface area contributed by atoms with E-state index in [1.54, 1.807) is 6.07 Å². The van der Waals surface area contributed by atoms with E-state index in [1.807, 2.05) is 0 Å². The first-order valence-electron chi connectivity index (χ1n) is 5.97. The first-order chi connectivity index (χ1) is 8.87. The maximum atomic E-state index is 11.5. The van der Waals surface area contributed by atoms with Crippen LogP contribution in [0.4, 0.5) is 11.4 Å². The summed E-state index contributed by atoms with van der Waals surface area (Å²) in [5, 5.41) is 12.0. The fraction of sp³-hybridized carbons (Fsp3) is 0.417. The molecule has 0 spiro atoms. The highest BCUT2D eigenvalue weighted by atomic mass is 32.2. The Morgan fingerprint density at radius 3 is 2.79 bits per heavy atom. The van der Waals surface area contributed by atoms with Crippen LogP contribution in [-0.4, -0.2) is 37.0 Å². The highest BCUT2D eigenvalue weighted by Gasteiger charge is 2.24. The van der Waals surface area contributed by atoms with Gasteiger partial charge in [0.2, 0.25) is 0 Å². The number of hydrogen-bond acceptors (Lipinski definition) is 5. The number of nitrogen functional groups attached to an aromatic ring is 1. The van der Waals surface area contributed by atoms with E-state index in [0.29, 0.717) is 12.1 Å². The highest BCUT2D eigenvalue weighted by molar-refractivity contribution is 7.91. The van der Waals surface area contributed by atoms with Gasteiger partial charge in [0.25, 0.3) is 0 Å². The summed E-state index contributed by atoms with van der Waals surface area (Å²) in [5.41, 5.74) is 6.35. The van der Waals surface area contributed by atoms with Crippen LogP contribution in [0.5, 0.6) is 0 Å². The van der Waals surface area contributed by atoms with Crippen molar-refractivity contribution in [3.05, 3.63) is 23.8 Å². The largest absolute Gasteiger partial charge is 0.478 e. The van der Waals surface area contributed by atoms with Crippen LogP contribution in [0.25, 0.3) is 0 Å². The quantitative estimate of drug-likeness (QED) is 0.713. The lowest BCUT2D eigenvalue weighted by Crippen LogP contribution is -2.34. The molecule has 1 unspecified atom stereocenters. The molecule has 19 heavy (non-hydrogen) atoms. The Bertz CT molecular complexity index is 598. The van der Waals surface area contributed by atoms with Crippen LogP contribution in [0.3, 0.4) is 0 Å². The van der Waals surface area contributed by atoms with Crippen molar-refractivity contribution >= 4 is 27.2 Å². The van der Waals surface area contributed by atoms with E-state index in [1.165, 1.54) is 12.1 Å². The first-order valence-corrected chi connectivity index (χ1v) is 7.79. The van der Waals surface area contributed by atoms with E-state index in [4.69, 9.17) is 10.8 Å². The van der Waals surface area contributed by atoms with Gasteiger partial charge in [-0.2, -0.15) is 0 Å². The minimum absolute atomic E-state index is 0.0173. The number of anilines is 2. The minimum Gasteiger partial charge on any atom is -0.478 e. The summed E-state index contributed by atoms with van der Waals surface area (Å²) in [5.74, 6) is -0.787. The molecule has 1 aromatic carbocycles. The summed E-state index contributed by atoms with van der Waals surface area (Å²) in [4.78, 5) is 11.0. The van der Waals surface area contributed by atoms with Crippen molar-refractivity contribution in [1.82, 2.24) is 0 Å². The Balaban J connectivity index is 2.15. The Morgan fingerprint density at radius 2 is 2.16 bits per heavy atom. The summed E-state index contributed by atoms with van der Waals surface area (Å²) in [6.45, 7) is 0. The molecule has 0 aliphatic carbocycles. The molecule has 0 amide bonds. The molecule has 1 fully saturated rings. The SMILES string of the molecule is Nc1ccc(NC2CCCS(=O)(=O)C2)cc1C(=O)O. The number of carboxylic acid groups (broad SMARTS) is 1. The Morgan fingerprint density at radius 1 is 1.42 bits per heavy atom. The van der Waals surface area contributed by atoms with E-state index in [9.17, 15) is 13.2 Å². The van der Waals surface area contributed by atoms with Crippen LogP contribution in [0.2, 0.25) is 0 Å². The number of hydrogen-bond donors (Lipinski definition) is 3. The second-order valence-electron chi connectivity index (χ2n) is 4.71. The average Bonchev–Trinajstić information content (AvgIpc) is 2.30. The number of nitrogens with two attached hydrogens (primary N) is 1. The third-order valence-corrected chi connectivity index (χ3v) is 4.94. The van der Waals surface area contributed by atoms with Gasteiger partial charge in [-0.05, 0) is 31.0 Å². The van der Waals surface area contributed by atoms with Gasteiger partial charge in [-0.15, -0.1) is 0 Å². The number of sulfone groups is 1. The van der Waals surface area contributed by atoms with Crippen molar-refractivity contribution in [3.8, 4) is 0 Å². The molecule has 0 bridgehead atoms. The second kappa shape index (κ2) is 5.08. The van der Waals surface area contributed by atoms with Gasteiger partial charge in [-0.25, -0.2) is 13.2 Å². The maximum absolute atomic E-state index is 11.5. The van der Waals surface area contributed by atoms with E-state index >= 15 is 0 Å². The summed E-state index contributed by atoms with van der Waals surface area (Å²) in [7, 11) is -2.99. The Labute approximate surface area is 111 Å². The third-order valence-electron chi connectivity index (χ3n) is 3.12. The molecule has 4 N–H and O–H groups in total. The van der Waals surface area contributed by atoms with E-state index in [-0.39, 0.29) is 28.8 Å². The fourth-order valence-corrected chi connectivity index (χ4v) is 3.84. The predicted molar refractivity (Wildman–Crippen MR) is 73.1 cm³/mol. The minimum atomic E-state index is -2.99. The van der Waals surface area contributed by atoms with Crippen molar-refractivity contribution < 1.29 is 18.3 Å². The first kappa shape index (κ1) is 13.7. The van der Waals surface area contributed by atoms with Gasteiger partial charge in [-0.3, -0.25) is 0 Å². The van der Waals surface area contributed by atoms with Crippen LogP contribution in [0.1, 0.15) is 23.2 Å². The molecule has 0 aromatic heterocycles. The van der Waals surface area contributed by atoms with Crippen LogP contribution in [0, 0.1) is 0 Å². The van der Waals surface area contributed by atoms with Crippen molar-refractivity contribution in [1.29, 1.82) is 0 Å². The summed E-state index contributed by atoms with van der Waals surface area (Å²) < 4.78 is 23.1. The van der Waals surface area contributed by atoms with Crippen LogP contribution < -0.4 is 11.1 Å². The molecule has 7 heteroatoms. The summed E-state index contributed by atoms with van der Waals surface area (Å²) >= 11 is 0. The Hall–Kier alpha value is -1.76. The summed E-state index contributed by atoms with van der Waals surface area (Å²) in [6.07, 6.45) is 1.38. The van der Waals surface area contributed by atoms with E-state index < -0.39 is 15.8 Å². The van der Waals surface area contributed by atoms with Gasteiger partial charge >= 0.3 is 5.97 Å². The molecule has 1 aliphatic rings. The highest BCUT2D eigenvalue weighted by Crippen LogP contribution is 2.21. The van der Waals surface area contributed by atoms with Crippen LogP contribution >= 0.6 is 0 Å². The molecule has 1 atom stereocenters. The van der Waals surface area contributed by atoms with E-state index in [0.717, 1.165) is 6.42 Å². The molecular formula is C12H16N2O4S. The predicted octanol–water partition coefficient (Wildman–Crippen LogP) is 0.956. The molecule has 6 nitrogen and oxygen atoms in total. The van der Waals surface area contributed by atoms with Crippen LogP contribution in [-0.2, 0) is 9.84 Å². The lowest BCUT2D eigenvalue weighted by atomic mass is 10.1. The second-order valence-corrected chi connectivity index (χ2v) is 6.93. The molecule has 1 heterocycles. The summed E-state index contributed by atoms with van der Waals surface area (Å²) in [6, 6.07) is 4.41. The smallest absolute Gasteiger partial charge is 0.337 e. The van der Waals surface area contributed by atoms with Crippen molar-refractivity contribution in [2.24, 2.45) is 0 Å². The molecule has 0 saturated carbocycles. The number of nitrogens with one attached hydrogen (secondary N) is 1. The number of carbonyl (C=O) groups is 1. The van der Waals surface area contributed by atoms with Crippen molar-refractivity contribution in [2.45, 2.75) is 18.9 Å². The van der Waals surface area contributed by atoms with Gasteiger partial charge in [0.05, 0.1) is 17.1 Å². The fourth-order valence-electron chi connectivity index (χ4n) is 2.20. The molecule has 1 aliphatic heterocycles. The number of aromatic carboxylic acids is 1. The van der Waals surface area contributed by atoms with Gasteiger partial charge in [0, 0.05) is 17.4 Å². The van der Waals surface area contributed by atoms with Crippen molar-refractivity contribution in [3.63, 3.8) is 0 Å². The number of benzene rings is 1. The third kappa shape index (κ3) is 3.37. The van der Waals surface area contributed by atoms with E-state index in [2.05, 4.69) is 5.32 Å². The lowest BCUT2D eigenvalue weighted by Gasteiger charge is -2.24. The Kier molecular flexibility index (Phi) is 3.66. The van der Waals surface area contributed by atoms with Gasteiger partial charge in [0.15, 0.2) is 9.84 Å². The zero-order valence-electron chi connectivity index (χ0n) is 10.3. The molecule has 1 saturated heterocycles. The standard InChI is InChI=1S/C12H16N2O4S/c13-11-4-3-8(6-10(11)12(15)16)14-9-2-1-5-19(17,18)7-9/h3-4,6,9,14H,1-2,5,7,13H2,(H,15,16). The monoisotopic (exact) mass is 284 g/mol. The van der Waals surface area contributed by atoms with Gasteiger partial charge in [0.1, 0.15) is 0 Å². The normalized spacial score (nSPS) is 21.8. The van der Waals surface area contributed by atoms with Gasteiger partial charge in [-0.1, -0.05) is 0 Å². The van der Waals surface area contributed by atoms with Crippen molar-refractivity contribution in [2.75, 3.05) is 22.6 Å². The van der Waals surface area contributed by atoms with Crippen LogP contribution in [0.15, 0.2) is 18.2 Å². The molecular weight excluding hydrogens is 268 g/mol. The van der Waals surface area contributed by atoms with Gasteiger partial charge < -0.3 is 16.2 Å². The zero-order valence-corrected chi connectivity index (χ0v) is 11.1. The zero-order chi connectivity index (χ0) is 14.0. The number of carboxylic acids is 1. The molecule has 0 radical (unpaired) electrons.